The van der Waals surface area contributed by atoms with E-state index in [-0.39, 0.29) is 29.6 Å². The molecule has 0 radical (unpaired) electrons. The molecule has 4 fully saturated rings. The van der Waals surface area contributed by atoms with Gasteiger partial charge in [-0.3, -0.25) is 9.59 Å². The highest BCUT2D eigenvalue weighted by molar-refractivity contribution is 5.98. The summed E-state index contributed by atoms with van der Waals surface area (Å²) in [5, 5.41) is 13.1. The highest BCUT2D eigenvalue weighted by atomic mass is 16.5. The number of ether oxygens (including phenoxy) is 1. The van der Waals surface area contributed by atoms with Gasteiger partial charge < -0.3 is 20.1 Å². The third-order valence-corrected chi connectivity index (χ3v) is 6.99. The van der Waals surface area contributed by atoms with Gasteiger partial charge in [0, 0.05) is 31.3 Å². The highest BCUT2D eigenvalue weighted by Crippen LogP contribution is 2.52. The van der Waals surface area contributed by atoms with E-state index in [9.17, 15) is 14.7 Å². The number of rotatable bonds is 1. The Balaban J connectivity index is 1.36. The van der Waals surface area contributed by atoms with Crippen LogP contribution in [-0.4, -0.2) is 46.7 Å². The Bertz CT molecular complexity index is 781. The highest BCUT2D eigenvalue weighted by Gasteiger charge is 2.57. The molecule has 2 heterocycles. The van der Waals surface area contributed by atoms with E-state index in [1.807, 2.05) is 23.1 Å². The smallest absolute Gasteiger partial charge is 0.258 e. The topological polar surface area (TPSA) is 78.9 Å². The number of aliphatic hydroxyl groups excluding tert-OH is 1. The zero-order chi connectivity index (χ0) is 18.6. The molecule has 1 saturated heterocycles. The fourth-order valence-electron chi connectivity index (χ4n) is 5.65. The Hall–Kier alpha value is -2.08. The van der Waals surface area contributed by atoms with Gasteiger partial charge in [-0.05, 0) is 50.2 Å². The number of β-amino-alcohol motifs (C(OH)–C–C–N with tert-alkyl or cyclic N) is 1. The molecule has 3 saturated carbocycles. The number of amides is 2. The number of hydrogen-bond donors (Lipinski definition) is 2. The van der Waals surface area contributed by atoms with E-state index >= 15 is 0 Å². The quantitative estimate of drug-likeness (QED) is 0.792. The van der Waals surface area contributed by atoms with Gasteiger partial charge in [-0.15, -0.1) is 0 Å². The van der Waals surface area contributed by atoms with Crippen LogP contribution in [-0.2, 0) is 4.79 Å². The Labute approximate surface area is 158 Å². The molecule has 3 aliphatic carbocycles. The molecule has 1 aromatic rings. The predicted molar refractivity (Wildman–Crippen MR) is 98.0 cm³/mol. The lowest BCUT2D eigenvalue weighted by molar-refractivity contribution is -0.157. The first kappa shape index (κ1) is 17.0. The number of nitrogens with one attached hydrogen (secondary N) is 1. The van der Waals surface area contributed by atoms with Crippen molar-refractivity contribution in [1.82, 2.24) is 10.2 Å². The number of para-hydroxylation sites is 1. The standard InChI is InChI=1S/C21H26N2O4/c24-15-4-3-9-23(12-15)20(26)17-10-14-8-7-13(17)11-21(14)22-19(25)16-5-1-2-6-18(16)27-21/h1-2,5-6,13-15,17,24H,3-4,7-12H2,(H,22,25). The molecule has 6 heteroatoms. The minimum atomic E-state index is -0.674. The van der Waals surface area contributed by atoms with E-state index in [0.717, 1.165) is 38.6 Å². The molecule has 0 aromatic heterocycles. The number of carbonyl (C=O) groups excluding carboxylic acids is 2. The summed E-state index contributed by atoms with van der Waals surface area (Å²) in [6.07, 6.45) is 4.66. The van der Waals surface area contributed by atoms with Crippen LogP contribution in [0.2, 0.25) is 0 Å². The summed E-state index contributed by atoms with van der Waals surface area (Å²) in [7, 11) is 0. The van der Waals surface area contributed by atoms with Crippen LogP contribution in [0.15, 0.2) is 24.3 Å². The number of fused-ring (bicyclic) bond motifs is 3. The van der Waals surface area contributed by atoms with E-state index in [1.54, 1.807) is 6.07 Å². The lowest BCUT2D eigenvalue weighted by atomic mass is 9.59. The summed E-state index contributed by atoms with van der Waals surface area (Å²) in [4.78, 5) is 27.6. The van der Waals surface area contributed by atoms with Crippen molar-refractivity contribution in [2.45, 2.75) is 50.4 Å². The van der Waals surface area contributed by atoms with Crippen LogP contribution in [0.25, 0.3) is 0 Å². The number of benzene rings is 1. The molecular weight excluding hydrogens is 344 g/mol. The molecule has 6 nitrogen and oxygen atoms in total. The SMILES string of the molecule is O=C1NC2(CC3CCC2CC3C(=O)N2CCCC(O)C2)Oc2ccccc21. The van der Waals surface area contributed by atoms with Crippen molar-refractivity contribution < 1.29 is 19.4 Å². The van der Waals surface area contributed by atoms with Crippen LogP contribution in [0.5, 0.6) is 5.75 Å². The molecule has 27 heavy (non-hydrogen) atoms. The number of aliphatic hydroxyl groups is 1. The summed E-state index contributed by atoms with van der Waals surface area (Å²) in [5.41, 5.74) is -0.0912. The van der Waals surface area contributed by atoms with Crippen LogP contribution < -0.4 is 10.1 Å². The minimum absolute atomic E-state index is 0.0163. The van der Waals surface area contributed by atoms with Crippen LogP contribution in [0, 0.1) is 17.8 Å². The second kappa shape index (κ2) is 6.23. The zero-order valence-electron chi connectivity index (χ0n) is 15.4. The Morgan fingerprint density at radius 1 is 1.26 bits per heavy atom. The number of piperidine rings is 1. The minimum Gasteiger partial charge on any atom is -0.467 e. The first-order valence-electron chi connectivity index (χ1n) is 10.1. The van der Waals surface area contributed by atoms with Gasteiger partial charge in [0.05, 0.1) is 11.7 Å². The van der Waals surface area contributed by atoms with E-state index in [1.165, 1.54) is 0 Å². The predicted octanol–water partition coefficient (Wildman–Crippen LogP) is 1.92. The van der Waals surface area contributed by atoms with Gasteiger partial charge >= 0.3 is 0 Å². The van der Waals surface area contributed by atoms with Crippen LogP contribution in [0.3, 0.4) is 0 Å². The van der Waals surface area contributed by atoms with Crippen molar-refractivity contribution >= 4 is 11.8 Å². The number of likely N-dealkylation sites (tertiary alicyclic amines) is 1. The van der Waals surface area contributed by atoms with Crippen molar-refractivity contribution in [3.8, 4) is 5.75 Å². The van der Waals surface area contributed by atoms with Crippen molar-refractivity contribution in [1.29, 1.82) is 0 Å². The largest absolute Gasteiger partial charge is 0.467 e. The first-order valence-corrected chi connectivity index (χ1v) is 10.1. The van der Waals surface area contributed by atoms with Crippen molar-refractivity contribution in [2.75, 3.05) is 13.1 Å². The second-order valence-corrected chi connectivity index (χ2v) is 8.60. The Morgan fingerprint density at radius 2 is 2.11 bits per heavy atom. The number of hydrogen-bond acceptors (Lipinski definition) is 4. The fourth-order valence-corrected chi connectivity index (χ4v) is 5.65. The van der Waals surface area contributed by atoms with Crippen molar-refractivity contribution in [2.24, 2.45) is 17.8 Å². The van der Waals surface area contributed by atoms with Crippen molar-refractivity contribution in [3.63, 3.8) is 0 Å². The monoisotopic (exact) mass is 370 g/mol. The Kier molecular flexibility index (Phi) is 3.93. The van der Waals surface area contributed by atoms with Crippen LogP contribution in [0.1, 0.15) is 48.9 Å². The molecule has 6 rings (SSSR count). The van der Waals surface area contributed by atoms with Crippen molar-refractivity contribution in [3.05, 3.63) is 29.8 Å². The van der Waals surface area contributed by atoms with Gasteiger partial charge in [0.2, 0.25) is 5.91 Å². The number of nitrogens with zero attached hydrogens (tertiary/aromatic N) is 1. The van der Waals surface area contributed by atoms with Crippen LogP contribution >= 0.6 is 0 Å². The van der Waals surface area contributed by atoms with Gasteiger partial charge in [-0.25, -0.2) is 0 Å². The molecule has 2 bridgehead atoms. The van der Waals surface area contributed by atoms with Gasteiger partial charge in [0.25, 0.3) is 5.91 Å². The van der Waals surface area contributed by atoms with E-state index in [0.29, 0.717) is 24.3 Å². The fraction of sp³-hybridized carbons (Fsp3) is 0.619. The maximum Gasteiger partial charge on any atom is 0.258 e. The lowest BCUT2D eigenvalue weighted by Crippen LogP contribution is -2.67. The molecule has 144 valence electrons. The van der Waals surface area contributed by atoms with Crippen LogP contribution in [0.4, 0.5) is 0 Å². The summed E-state index contributed by atoms with van der Waals surface area (Å²) in [5.74, 6) is 1.09. The van der Waals surface area contributed by atoms with Gasteiger partial charge in [0.15, 0.2) is 5.72 Å². The summed E-state index contributed by atoms with van der Waals surface area (Å²) in [6.45, 7) is 1.20. The molecule has 5 unspecified atom stereocenters. The van der Waals surface area contributed by atoms with E-state index < -0.39 is 11.8 Å². The third kappa shape index (κ3) is 2.73. The number of carbonyl (C=O) groups is 2. The maximum atomic E-state index is 13.1. The molecular formula is C21H26N2O4. The third-order valence-electron chi connectivity index (χ3n) is 6.99. The average molecular weight is 370 g/mol. The summed E-state index contributed by atoms with van der Waals surface area (Å²) >= 11 is 0. The molecule has 2 N–H and O–H groups in total. The van der Waals surface area contributed by atoms with Gasteiger partial charge in [0.1, 0.15) is 5.75 Å². The normalized spacial score (nSPS) is 37.5. The molecule has 1 spiro atoms. The summed E-state index contributed by atoms with van der Waals surface area (Å²) in [6, 6.07) is 7.37. The second-order valence-electron chi connectivity index (χ2n) is 8.60. The molecule has 5 atom stereocenters. The molecule has 5 aliphatic rings. The molecule has 1 aromatic carbocycles. The summed E-state index contributed by atoms with van der Waals surface area (Å²) < 4.78 is 6.36. The van der Waals surface area contributed by atoms with E-state index in [2.05, 4.69) is 5.32 Å². The molecule has 2 aliphatic heterocycles. The molecule has 2 amide bonds. The average Bonchev–Trinajstić information content (AvgIpc) is 2.68. The van der Waals surface area contributed by atoms with Gasteiger partial charge in [-0.1, -0.05) is 12.1 Å². The zero-order valence-corrected chi connectivity index (χ0v) is 15.4. The Morgan fingerprint density at radius 3 is 2.89 bits per heavy atom. The van der Waals surface area contributed by atoms with E-state index in [4.69, 9.17) is 4.74 Å². The van der Waals surface area contributed by atoms with Gasteiger partial charge in [-0.2, -0.15) is 0 Å². The maximum absolute atomic E-state index is 13.1. The lowest BCUT2D eigenvalue weighted by Gasteiger charge is -2.55. The first-order chi connectivity index (χ1) is 13.1.